The Hall–Kier alpha value is -3.17. The van der Waals surface area contributed by atoms with Gasteiger partial charge in [0.25, 0.3) is 0 Å². The minimum Gasteiger partial charge on any atom is -0.367 e. The molecule has 3 aromatic rings. The molecule has 1 aromatic heterocycles. The maximum absolute atomic E-state index is 14.8. The molecule has 142 valence electrons. The number of halogens is 1. The molecule has 1 N–H and O–H groups in total. The Balaban J connectivity index is 1.88. The van der Waals surface area contributed by atoms with E-state index in [0.717, 1.165) is 24.2 Å². The van der Waals surface area contributed by atoms with E-state index in [1.54, 1.807) is 12.3 Å². The highest BCUT2D eigenvalue weighted by molar-refractivity contribution is 5.84. The molecule has 0 spiro atoms. The quantitative estimate of drug-likeness (QED) is 0.764. The lowest BCUT2D eigenvalue weighted by Crippen LogP contribution is -2.43. The number of aromatic nitrogens is 1. The Labute approximate surface area is 162 Å². The maximum Gasteiger partial charge on any atom is 0.207 e. The number of fused-ring (bicyclic) bond motifs is 1. The molecular formula is C22H21FN4O. The fourth-order valence-corrected chi connectivity index (χ4v) is 3.65. The SMILES string of the molecule is Cc1ccc(Cn2cc(C#N)c(=O)c3cc(F)c(N4CCNCC4)cc32)cc1. The number of nitrogens with zero attached hydrogens (tertiary/aromatic N) is 3. The van der Waals surface area contributed by atoms with Gasteiger partial charge in [0.15, 0.2) is 0 Å². The van der Waals surface area contributed by atoms with Crippen LogP contribution < -0.4 is 15.6 Å². The third-order valence-corrected chi connectivity index (χ3v) is 5.20. The summed E-state index contributed by atoms with van der Waals surface area (Å²) in [6, 6.07) is 13.1. The lowest BCUT2D eigenvalue weighted by Gasteiger charge is -2.30. The van der Waals surface area contributed by atoms with Crippen LogP contribution in [0.1, 0.15) is 16.7 Å². The molecule has 0 amide bonds. The van der Waals surface area contributed by atoms with E-state index >= 15 is 0 Å². The van der Waals surface area contributed by atoms with Crippen molar-refractivity contribution in [1.82, 2.24) is 9.88 Å². The maximum atomic E-state index is 14.8. The van der Waals surface area contributed by atoms with E-state index in [9.17, 15) is 14.4 Å². The number of nitriles is 1. The van der Waals surface area contributed by atoms with E-state index in [2.05, 4.69) is 5.32 Å². The van der Waals surface area contributed by atoms with Crippen LogP contribution in [0.5, 0.6) is 0 Å². The highest BCUT2D eigenvalue weighted by Crippen LogP contribution is 2.26. The predicted octanol–water partition coefficient (Wildman–Crippen LogP) is 2.78. The van der Waals surface area contributed by atoms with Crippen LogP contribution in [0.25, 0.3) is 10.9 Å². The second-order valence-electron chi connectivity index (χ2n) is 7.16. The summed E-state index contributed by atoms with van der Waals surface area (Å²) >= 11 is 0. The smallest absolute Gasteiger partial charge is 0.207 e. The Kier molecular flexibility index (Phi) is 4.84. The number of hydrogen-bond acceptors (Lipinski definition) is 4. The van der Waals surface area contributed by atoms with Crippen molar-refractivity contribution < 1.29 is 4.39 Å². The summed E-state index contributed by atoms with van der Waals surface area (Å²) in [6.07, 6.45) is 1.57. The molecule has 2 aromatic carbocycles. The summed E-state index contributed by atoms with van der Waals surface area (Å²) in [5, 5.41) is 12.9. The molecule has 1 fully saturated rings. The lowest BCUT2D eigenvalue weighted by molar-refractivity contribution is 0.567. The van der Waals surface area contributed by atoms with Gasteiger partial charge in [-0.1, -0.05) is 29.8 Å². The van der Waals surface area contributed by atoms with Crippen LogP contribution >= 0.6 is 0 Å². The van der Waals surface area contributed by atoms with Gasteiger partial charge >= 0.3 is 0 Å². The number of nitrogens with one attached hydrogen (secondary N) is 1. The highest BCUT2D eigenvalue weighted by Gasteiger charge is 2.18. The Bertz CT molecular complexity index is 1120. The Morgan fingerprint density at radius 2 is 1.89 bits per heavy atom. The second kappa shape index (κ2) is 7.45. The number of aryl methyl sites for hydroxylation is 1. The predicted molar refractivity (Wildman–Crippen MR) is 108 cm³/mol. The van der Waals surface area contributed by atoms with Crippen LogP contribution in [0, 0.1) is 24.1 Å². The standard InChI is InChI=1S/C22H21FN4O/c1-15-2-4-16(5-3-15)13-27-14-17(12-24)22(28)18-10-19(23)21(11-20(18)27)26-8-6-25-7-9-26/h2-5,10-11,14,25H,6-9,13H2,1H3. The average molecular weight is 376 g/mol. The lowest BCUT2D eigenvalue weighted by atomic mass is 10.1. The molecule has 4 rings (SSSR count). The molecule has 0 saturated carbocycles. The van der Waals surface area contributed by atoms with Crippen LogP contribution in [0.2, 0.25) is 0 Å². The normalized spacial score (nSPS) is 14.2. The molecule has 0 aliphatic carbocycles. The van der Waals surface area contributed by atoms with Crippen molar-refractivity contribution in [2.75, 3.05) is 31.1 Å². The highest BCUT2D eigenvalue weighted by atomic mass is 19.1. The first-order valence-electron chi connectivity index (χ1n) is 9.35. The number of anilines is 1. The van der Waals surface area contributed by atoms with E-state index < -0.39 is 11.2 Å². The minimum absolute atomic E-state index is 0.0222. The van der Waals surface area contributed by atoms with Gasteiger partial charge in [0.05, 0.1) is 16.6 Å². The van der Waals surface area contributed by atoms with Crippen molar-refractivity contribution in [3.05, 3.63) is 75.3 Å². The van der Waals surface area contributed by atoms with Crippen molar-refractivity contribution in [2.24, 2.45) is 0 Å². The largest absolute Gasteiger partial charge is 0.367 e. The van der Waals surface area contributed by atoms with Gasteiger partial charge in [-0.15, -0.1) is 0 Å². The monoisotopic (exact) mass is 376 g/mol. The zero-order valence-electron chi connectivity index (χ0n) is 15.7. The second-order valence-corrected chi connectivity index (χ2v) is 7.16. The fourth-order valence-electron chi connectivity index (χ4n) is 3.65. The summed E-state index contributed by atoms with van der Waals surface area (Å²) in [4.78, 5) is 14.6. The van der Waals surface area contributed by atoms with Gasteiger partial charge in [-0.25, -0.2) is 4.39 Å². The molecule has 1 saturated heterocycles. The summed E-state index contributed by atoms with van der Waals surface area (Å²) < 4.78 is 16.7. The van der Waals surface area contributed by atoms with Crippen molar-refractivity contribution in [1.29, 1.82) is 5.26 Å². The van der Waals surface area contributed by atoms with E-state index in [-0.39, 0.29) is 10.9 Å². The van der Waals surface area contributed by atoms with Crippen LogP contribution in [-0.4, -0.2) is 30.7 Å². The van der Waals surface area contributed by atoms with Crippen molar-refractivity contribution in [3.63, 3.8) is 0 Å². The zero-order chi connectivity index (χ0) is 19.7. The molecule has 2 heterocycles. The van der Waals surface area contributed by atoms with E-state index in [0.29, 0.717) is 30.8 Å². The van der Waals surface area contributed by atoms with Crippen molar-refractivity contribution in [2.45, 2.75) is 13.5 Å². The number of pyridine rings is 1. The topological polar surface area (TPSA) is 61.1 Å². The van der Waals surface area contributed by atoms with Crippen LogP contribution in [-0.2, 0) is 6.54 Å². The molecule has 0 bridgehead atoms. The fraction of sp³-hybridized carbons (Fsp3) is 0.273. The van der Waals surface area contributed by atoms with Crippen molar-refractivity contribution >= 4 is 16.6 Å². The van der Waals surface area contributed by atoms with Crippen molar-refractivity contribution in [3.8, 4) is 6.07 Å². The summed E-state index contributed by atoms with van der Waals surface area (Å²) in [5.74, 6) is -0.427. The van der Waals surface area contributed by atoms with Gasteiger partial charge in [-0.3, -0.25) is 4.79 Å². The molecule has 1 aliphatic rings. The molecule has 0 atom stereocenters. The third-order valence-electron chi connectivity index (χ3n) is 5.20. The summed E-state index contributed by atoms with van der Waals surface area (Å²) in [7, 11) is 0. The first kappa shape index (κ1) is 18.2. The van der Waals surface area contributed by atoms with E-state index in [4.69, 9.17) is 0 Å². The molecule has 0 unspecified atom stereocenters. The number of benzene rings is 2. The van der Waals surface area contributed by atoms with Gasteiger partial charge in [0.2, 0.25) is 5.43 Å². The van der Waals surface area contributed by atoms with E-state index in [1.807, 2.05) is 46.7 Å². The van der Waals surface area contributed by atoms with Crippen LogP contribution in [0.3, 0.4) is 0 Å². The number of piperazine rings is 1. The third kappa shape index (κ3) is 3.37. The Morgan fingerprint density at radius 3 is 2.57 bits per heavy atom. The first-order chi connectivity index (χ1) is 13.6. The molecule has 28 heavy (non-hydrogen) atoms. The zero-order valence-corrected chi connectivity index (χ0v) is 15.7. The average Bonchev–Trinajstić information content (AvgIpc) is 2.72. The molecular weight excluding hydrogens is 355 g/mol. The van der Waals surface area contributed by atoms with Gasteiger partial charge < -0.3 is 14.8 Å². The van der Waals surface area contributed by atoms with Crippen LogP contribution in [0.4, 0.5) is 10.1 Å². The molecule has 6 heteroatoms. The minimum atomic E-state index is -0.427. The van der Waals surface area contributed by atoms with Gasteiger partial charge in [0, 0.05) is 38.9 Å². The van der Waals surface area contributed by atoms with E-state index in [1.165, 1.54) is 6.07 Å². The Morgan fingerprint density at radius 1 is 1.18 bits per heavy atom. The summed E-state index contributed by atoms with van der Waals surface area (Å²) in [6.45, 7) is 5.52. The molecule has 0 radical (unpaired) electrons. The first-order valence-corrected chi connectivity index (χ1v) is 9.35. The summed E-state index contributed by atoms with van der Waals surface area (Å²) in [5.41, 5.74) is 2.94. The molecule has 5 nitrogen and oxygen atoms in total. The molecule has 1 aliphatic heterocycles. The van der Waals surface area contributed by atoms with Gasteiger partial charge in [-0.05, 0) is 24.6 Å². The number of rotatable bonds is 3. The number of hydrogen-bond donors (Lipinski definition) is 1. The van der Waals surface area contributed by atoms with Crippen LogP contribution in [0.15, 0.2) is 47.4 Å². The van der Waals surface area contributed by atoms with Gasteiger partial charge in [0.1, 0.15) is 17.4 Å². The van der Waals surface area contributed by atoms with Gasteiger partial charge in [-0.2, -0.15) is 5.26 Å².